The van der Waals surface area contributed by atoms with Gasteiger partial charge in [-0.05, 0) is 38.5 Å². The Bertz CT molecular complexity index is 626. The number of halogens is 1. The molecule has 1 rings (SSSR count). The molecule has 0 fully saturated rings. The molecule has 0 atom stereocenters. The fourth-order valence-corrected chi connectivity index (χ4v) is 2.86. The molecule has 7 heteroatoms. The van der Waals surface area contributed by atoms with Crippen molar-refractivity contribution in [3.05, 3.63) is 23.8 Å². The molecule has 0 aliphatic carbocycles. The van der Waals surface area contributed by atoms with Gasteiger partial charge in [-0.3, -0.25) is 4.79 Å². The average molecular weight is 334 g/mol. The maximum atomic E-state index is 12.4. The summed E-state index contributed by atoms with van der Waals surface area (Å²) in [5.41, 5.74) is -0.254. The van der Waals surface area contributed by atoms with E-state index in [1.807, 2.05) is 20.8 Å². The van der Waals surface area contributed by atoms with E-state index in [1.54, 1.807) is 0 Å². The molecule has 0 spiro atoms. The number of hydrogen-bond donors (Lipinski definition) is 1. The van der Waals surface area contributed by atoms with Gasteiger partial charge in [-0.25, -0.2) is 8.42 Å². The minimum absolute atomic E-state index is 0.136. The van der Waals surface area contributed by atoms with Crippen LogP contribution in [0.25, 0.3) is 0 Å². The number of amides is 1. The molecule has 1 amide bonds. The molecule has 1 aromatic carbocycles. The highest BCUT2D eigenvalue weighted by molar-refractivity contribution is 8.13. The van der Waals surface area contributed by atoms with Crippen LogP contribution in [-0.4, -0.2) is 27.0 Å². The number of hydrogen-bond acceptors (Lipinski definition) is 4. The molecule has 5 nitrogen and oxygen atoms in total. The van der Waals surface area contributed by atoms with Crippen molar-refractivity contribution >= 4 is 25.6 Å². The second-order valence-corrected chi connectivity index (χ2v) is 7.95. The van der Waals surface area contributed by atoms with E-state index in [2.05, 4.69) is 5.32 Å². The van der Waals surface area contributed by atoms with Crippen molar-refractivity contribution in [2.24, 2.45) is 0 Å². The summed E-state index contributed by atoms with van der Waals surface area (Å²) in [5, 5.41) is 2.87. The third-order valence-corrected chi connectivity index (χ3v) is 4.38. The van der Waals surface area contributed by atoms with Crippen molar-refractivity contribution < 1.29 is 17.9 Å². The third-order valence-electron chi connectivity index (χ3n) is 3.02. The van der Waals surface area contributed by atoms with Gasteiger partial charge in [0.2, 0.25) is 0 Å². The van der Waals surface area contributed by atoms with Crippen LogP contribution in [0.1, 0.15) is 44.0 Å². The van der Waals surface area contributed by atoms with Crippen LogP contribution < -0.4 is 10.1 Å². The summed E-state index contributed by atoms with van der Waals surface area (Å²) >= 11 is 0. The Hall–Kier alpha value is -1.27. The number of methoxy groups -OCH3 is 1. The predicted octanol–water partition coefficient (Wildman–Crippen LogP) is 2.93. The van der Waals surface area contributed by atoms with Gasteiger partial charge in [0.15, 0.2) is 0 Å². The Labute approximate surface area is 130 Å². The quantitative estimate of drug-likeness (QED) is 0.812. The fraction of sp³-hybridized carbons (Fsp3) is 0.500. The smallest absolute Gasteiger partial charge is 0.261 e. The van der Waals surface area contributed by atoms with Gasteiger partial charge in [-0.15, -0.1) is 0 Å². The van der Waals surface area contributed by atoms with Gasteiger partial charge in [0.1, 0.15) is 5.75 Å². The van der Waals surface area contributed by atoms with E-state index >= 15 is 0 Å². The van der Waals surface area contributed by atoms with Gasteiger partial charge in [0.25, 0.3) is 15.0 Å². The Morgan fingerprint density at radius 3 is 2.48 bits per heavy atom. The molecule has 0 aliphatic heterocycles. The minimum Gasteiger partial charge on any atom is -0.496 e. The first-order valence-electron chi connectivity index (χ1n) is 6.56. The molecule has 0 saturated carbocycles. The molecule has 21 heavy (non-hydrogen) atoms. The lowest BCUT2D eigenvalue weighted by atomic mass is 9.98. The number of carbonyl (C=O) groups excluding carboxylic acids is 1. The first kappa shape index (κ1) is 17.8. The molecule has 118 valence electrons. The number of rotatable bonds is 6. The fourth-order valence-electron chi connectivity index (χ4n) is 2.08. The normalized spacial score (nSPS) is 12.0. The van der Waals surface area contributed by atoms with Crippen molar-refractivity contribution in [2.75, 3.05) is 7.11 Å². The topological polar surface area (TPSA) is 72.5 Å². The van der Waals surface area contributed by atoms with Crippen LogP contribution in [0.2, 0.25) is 0 Å². The molecule has 1 aromatic rings. The second kappa shape index (κ2) is 6.66. The van der Waals surface area contributed by atoms with Crippen LogP contribution in [0.15, 0.2) is 23.1 Å². The van der Waals surface area contributed by atoms with E-state index in [1.165, 1.54) is 25.3 Å². The summed E-state index contributed by atoms with van der Waals surface area (Å²) in [6.45, 7) is 5.83. The van der Waals surface area contributed by atoms with Crippen LogP contribution in [0.4, 0.5) is 0 Å². The Morgan fingerprint density at radius 1 is 1.38 bits per heavy atom. The lowest BCUT2D eigenvalue weighted by Crippen LogP contribution is -2.43. The lowest BCUT2D eigenvalue weighted by Gasteiger charge is -2.26. The van der Waals surface area contributed by atoms with Crippen LogP contribution in [0, 0.1) is 0 Å². The first-order chi connectivity index (χ1) is 9.60. The Balaban J connectivity index is 3.18. The second-order valence-electron chi connectivity index (χ2n) is 5.39. The summed E-state index contributed by atoms with van der Waals surface area (Å²) in [6, 6.07) is 3.94. The number of nitrogens with one attached hydrogen (secondary N) is 1. The van der Waals surface area contributed by atoms with Gasteiger partial charge in [-0.2, -0.15) is 0 Å². The molecule has 0 radical (unpaired) electrons. The molecular weight excluding hydrogens is 314 g/mol. The molecule has 1 N–H and O–H groups in total. The zero-order chi connectivity index (χ0) is 16.3. The molecule has 0 saturated heterocycles. The van der Waals surface area contributed by atoms with Crippen molar-refractivity contribution in [2.45, 2.75) is 44.0 Å². The number of benzene rings is 1. The highest BCUT2D eigenvalue weighted by Crippen LogP contribution is 2.25. The van der Waals surface area contributed by atoms with Crippen molar-refractivity contribution in [1.82, 2.24) is 5.32 Å². The third kappa shape index (κ3) is 4.89. The largest absolute Gasteiger partial charge is 0.496 e. The highest BCUT2D eigenvalue weighted by Gasteiger charge is 2.23. The number of ether oxygens (including phenoxy) is 1. The molecule has 0 unspecified atom stereocenters. The van der Waals surface area contributed by atoms with Gasteiger partial charge in [-0.1, -0.05) is 13.3 Å². The Kier molecular flexibility index (Phi) is 5.64. The maximum absolute atomic E-state index is 12.4. The number of carbonyl (C=O) groups is 1. The summed E-state index contributed by atoms with van der Waals surface area (Å²) in [4.78, 5) is 12.2. The molecule has 0 aliphatic rings. The van der Waals surface area contributed by atoms with Crippen LogP contribution in [0.5, 0.6) is 5.75 Å². The van der Waals surface area contributed by atoms with Crippen LogP contribution in [0.3, 0.4) is 0 Å². The molecule has 0 bridgehead atoms. The van der Waals surface area contributed by atoms with Gasteiger partial charge in [0, 0.05) is 16.2 Å². The summed E-state index contributed by atoms with van der Waals surface area (Å²) in [6.07, 6.45) is 1.72. The molecule has 0 aromatic heterocycles. The summed E-state index contributed by atoms with van der Waals surface area (Å²) in [7, 11) is 2.83. The van der Waals surface area contributed by atoms with Crippen molar-refractivity contribution in [1.29, 1.82) is 0 Å². The zero-order valence-corrected chi connectivity index (χ0v) is 14.1. The Morgan fingerprint density at radius 2 is 2.00 bits per heavy atom. The maximum Gasteiger partial charge on any atom is 0.261 e. The zero-order valence-electron chi connectivity index (χ0n) is 12.6. The standard InChI is InChI=1S/C14H20ClNO4S/c1-5-8-14(2,3)16-13(17)11-9-10(21(15,18)19)6-7-12(11)20-4/h6-7,9H,5,8H2,1-4H3,(H,16,17). The van der Waals surface area contributed by atoms with Crippen LogP contribution >= 0.6 is 10.7 Å². The minimum atomic E-state index is -3.90. The lowest BCUT2D eigenvalue weighted by molar-refractivity contribution is 0.0905. The summed E-state index contributed by atoms with van der Waals surface area (Å²) < 4.78 is 27.9. The highest BCUT2D eigenvalue weighted by atomic mass is 35.7. The van der Waals surface area contributed by atoms with E-state index in [0.717, 1.165) is 12.8 Å². The molecule has 0 heterocycles. The van der Waals surface area contributed by atoms with E-state index in [9.17, 15) is 13.2 Å². The van der Waals surface area contributed by atoms with E-state index in [0.29, 0.717) is 5.75 Å². The van der Waals surface area contributed by atoms with Gasteiger partial charge < -0.3 is 10.1 Å². The van der Waals surface area contributed by atoms with Gasteiger partial charge in [0.05, 0.1) is 17.6 Å². The van der Waals surface area contributed by atoms with E-state index in [4.69, 9.17) is 15.4 Å². The predicted molar refractivity (Wildman–Crippen MR) is 82.5 cm³/mol. The first-order valence-corrected chi connectivity index (χ1v) is 8.87. The van der Waals surface area contributed by atoms with E-state index in [-0.39, 0.29) is 10.5 Å². The average Bonchev–Trinajstić information content (AvgIpc) is 2.36. The van der Waals surface area contributed by atoms with Gasteiger partial charge >= 0.3 is 0 Å². The van der Waals surface area contributed by atoms with E-state index < -0.39 is 20.5 Å². The van der Waals surface area contributed by atoms with Crippen molar-refractivity contribution in [3.63, 3.8) is 0 Å². The summed E-state index contributed by atoms with van der Waals surface area (Å²) in [5.74, 6) is -0.101. The monoisotopic (exact) mass is 333 g/mol. The SMILES string of the molecule is CCCC(C)(C)NC(=O)c1cc(S(=O)(=O)Cl)ccc1OC. The molecular formula is C14H20ClNO4S. The van der Waals surface area contributed by atoms with Crippen molar-refractivity contribution in [3.8, 4) is 5.75 Å². The van der Waals surface area contributed by atoms with Crippen LogP contribution in [-0.2, 0) is 9.05 Å².